The van der Waals surface area contributed by atoms with Crippen LogP contribution in [0.25, 0.3) is 22.0 Å². The zero-order valence-corrected chi connectivity index (χ0v) is 17.5. The van der Waals surface area contributed by atoms with Crippen molar-refractivity contribution in [2.24, 2.45) is 0 Å². The second kappa shape index (κ2) is 7.49. The summed E-state index contributed by atoms with van der Waals surface area (Å²) in [5.74, 6) is 1.44. The van der Waals surface area contributed by atoms with E-state index in [0.29, 0.717) is 12.1 Å². The molecule has 1 unspecified atom stereocenters. The highest BCUT2D eigenvalue weighted by Gasteiger charge is 2.26. The third kappa shape index (κ3) is 3.41. The van der Waals surface area contributed by atoms with Gasteiger partial charge in [-0.25, -0.2) is 14.6 Å². The fourth-order valence-electron chi connectivity index (χ4n) is 3.60. The number of carbonyl (C=O) groups is 1. The van der Waals surface area contributed by atoms with E-state index in [2.05, 4.69) is 25.6 Å². The van der Waals surface area contributed by atoms with Crippen LogP contribution in [-0.2, 0) is 13.0 Å². The number of fused-ring (bicyclic) bond motifs is 1. The molecule has 1 amide bonds. The topological polar surface area (TPSA) is 101 Å². The van der Waals surface area contributed by atoms with Gasteiger partial charge in [-0.2, -0.15) is 10.2 Å². The van der Waals surface area contributed by atoms with Crippen molar-refractivity contribution in [3.05, 3.63) is 58.6 Å². The average molecular weight is 420 g/mol. The van der Waals surface area contributed by atoms with Crippen LogP contribution in [0.4, 0.5) is 0 Å². The molecule has 4 aromatic rings. The number of thiazole rings is 1. The Morgan fingerprint density at radius 1 is 1.23 bits per heavy atom. The van der Waals surface area contributed by atoms with Crippen LogP contribution in [0.5, 0.6) is 0 Å². The number of hydrogen-bond donors (Lipinski definition) is 2. The van der Waals surface area contributed by atoms with Crippen molar-refractivity contribution < 1.29 is 4.79 Å². The van der Waals surface area contributed by atoms with Crippen molar-refractivity contribution in [1.82, 2.24) is 35.3 Å². The number of aryl methyl sites for hydroxylation is 3. The van der Waals surface area contributed by atoms with Crippen LogP contribution in [0.3, 0.4) is 0 Å². The summed E-state index contributed by atoms with van der Waals surface area (Å²) in [4.78, 5) is 23.3. The first-order valence-electron chi connectivity index (χ1n) is 9.86. The Morgan fingerprint density at radius 2 is 2.07 bits per heavy atom. The van der Waals surface area contributed by atoms with E-state index in [9.17, 15) is 4.79 Å². The lowest BCUT2D eigenvalue weighted by molar-refractivity contribution is 0.0925. The maximum Gasteiger partial charge on any atom is 0.270 e. The maximum atomic E-state index is 13.0. The minimum absolute atomic E-state index is 0.00580. The Hall–Kier alpha value is -3.33. The molecule has 0 saturated carbocycles. The number of aromatic amines is 1. The molecule has 0 bridgehead atoms. The fraction of sp³-hybridized carbons (Fsp3) is 0.286. The van der Waals surface area contributed by atoms with Crippen LogP contribution in [0, 0.1) is 13.8 Å². The Bertz CT molecular complexity index is 1190. The van der Waals surface area contributed by atoms with Gasteiger partial charge in [-0.1, -0.05) is 30.3 Å². The van der Waals surface area contributed by atoms with E-state index >= 15 is 0 Å². The lowest BCUT2D eigenvalue weighted by Gasteiger charge is -2.23. The highest BCUT2D eigenvalue weighted by atomic mass is 32.1. The lowest BCUT2D eigenvalue weighted by atomic mass is 10.1. The summed E-state index contributed by atoms with van der Waals surface area (Å²) >= 11 is 1.57. The van der Waals surface area contributed by atoms with E-state index in [1.165, 1.54) is 0 Å². The molecular weight excluding hydrogens is 398 g/mol. The molecule has 0 fully saturated rings. The van der Waals surface area contributed by atoms with Gasteiger partial charge in [0.05, 0.1) is 17.5 Å². The SMILES string of the molecule is Cc1nc(-c2cn[nH]c2C(=O)NC2CCn3nc(-c4ccccc4)nc3C2)sc1C. The van der Waals surface area contributed by atoms with E-state index in [1.54, 1.807) is 17.5 Å². The Kier molecular flexibility index (Phi) is 4.66. The van der Waals surface area contributed by atoms with Crippen molar-refractivity contribution in [2.75, 3.05) is 0 Å². The predicted octanol–water partition coefficient (Wildman–Crippen LogP) is 3.15. The van der Waals surface area contributed by atoms with Crippen LogP contribution in [-0.4, -0.2) is 41.9 Å². The number of nitrogens with zero attached hydrogens (tertiary/aromatic N) is 5. The van der Waals surface area contributed by atoms with Crippen LogP contribution in [0.2, 0.25) is 0 Å². The maximum absolute atomic E-state index is 13.0. The standard InChI is InChI=1S/C21H21N7OS/c1-12-13(2)30-21(23-12)16-11-22-26-18(16)20(29)24-15-8-9-28-17(10-15)25-19(27-28)14-6-4-3-5-7-14/h3-7,11,15H,8-10H2,1-2H3,(H,22,26)(H,24,29). The van der Waals surface area contributed by atoms with Gasteiger partial charge in [0.2, 0.25) is 0 Å². The summed E-state index contributed by atoms with van der Waals surface area (Å²) in [5.41, 5.74) is 3.15. The molecule has 2 N–H and O–H groups in total. The van der Waals surface area contributed by atoms with Gasteiger partial charge in [-0.05, 0) is 20.3 Å². The largest absolute Gasteiger partial charge is 0.347 e. The first-order chi connectivity index (χ1) is 14.6. The highest BCUT2D eigenvalue weighted by Crippen LogP contribution is 2.29. The summed E-state index contributed by atoms with van der Waals surface area (Å²) in [6.07, 6.45) is 3.11. The van der Waals surface area contributed by atoms with E-state index in [1.807, 2.05) is 48.9 Å². The monoisotopic (exact) mass is 419 g/mol. The highest BCUT2D eigenvalue weighted by molar-refractivity contribution is 7.15. The van der Waals surface area contributed by atoms with Crippen LogP contribution < -0.4 is 5.32 Å². The molecule has 0 radical (unpaired) electrons. The Labute approximate surface area is 177 Å². The average Bonchev–Trinajstić information content (AvgIpc) is 3.47. The molecule has 0 saturated heterocycles. The van der Waals surface area contributed by atoms with Gasteiger partial charge in [0.1, 0.15) is 16.5 Å². The minimum atomic E-state index is -0.172. The third-order valence-corrected chi connectivity index (χ3v) is 6.47. The molecular formula is C21H21N7OS. The van der Waals surface area contributed by atoms with Gasteiger partial charge in [-0.15, -0.1) is 11.3 Å². The van der Waals surface area contributed by atoms with E-state index in [-0.39, 0.29) is 11.9 Å². The van der Waals surface area contributed by atoms with E-state index < -0.39 is 0 Å². The molecule has 0 spiro atoms. The summed E-state index contributed by atoms with van der Waals surface area (Å²) in [6.45, 7) is 4.72. The lowest BCUT2D eigenvalue weighted by Crippen LogP contribution is -2.40. The third-order valence-electron chi connectivity index (χ3n) is 5.36. The van der Waals surface area contributed by atoms with Crippen molar-refractivity contribution in [3.8, 4) is 22.0 Å². The van der Waals surface area contributed by atoms with Crippen LogP contribution in [0.1, 0.15) is 33.3 Å². The van der Waals surface area contributed by atoms with Gasteiger partial charge in [0.15, 0.2) is 5.82 Å². The minimum Gasteiger partial charge on any atom is -0.347 e. The van der Waals surface area contributed by atoms with Gasteiger partial charge in [0, 0.05) is 29.4 Å². The number of nitrogens with one attached hydrogen (secondary N) is 2. The number of carbonyl (C=O) groups excluding carboxylic acids is 1. The van der Waals surface area contributed by atoms with Gasteiger partial charge >= 0.3 is 0 Å². The number of amides is 1. The predicted molar refractivity (Wildman–Crippen MR) is 114 cm³/mol. The molecule has 30 heavy (non-hydrogen) atoms. The first kappa shape index (κ1) is 18.7. The van der Waals surface area contributed by atoms with Crippen LogP contribution in [0.15, 0.2) is 36.5 Å². The van der Waals surface area contributed by atoms with E-state index in [4.69, 9.17) is 4.98 Å². The van der Waals surface area contributed by atoms with Crippen molar-refractivity contribution in [1.29, 1.82) is 0 Å². The molecule has 1 atom stereocenters. The second-order valence-corrected chi connectivity index (χ2v) is 8.63. The van der Waals surface area contributed by atoms with Gasteiger partial charge in [-0.3, -0.25) is 9.89 Å². The Balaban J connectivity index is 1.32. The van der Waals surface area contributed by atoms with Crippen molar-refractivity contribution >= 4 is 17.2 Å². The second-order valence-electron chi connectivity index (χ2n) is 7.42. The molecule has 5 rings (SSSR count). The fourth-order valence-corrected chi connectivity index (χ4v) is 4.54. The summed E-state index contributed by atoms with van der Waals surface area (Å²) in [7, 11) is 0. The zero-order valence-electron chi connectivity index (χ0n) is 16.7. The molecule has 1 aliphatic heterocycles. The van der Waals surface area contributed by atoms with Gasteiger partial charge in [0.25, 0.3) is 5.91 Å². The van der Waals surface area contributed by atoms with Gasteiger partial charge < -0.3 is 5.32 Å². The van der Waals surface area contributed by atoms with Crippen LogP contribution >= 0.6 is 11.3 Å². The molecule has 1 aromatic carbocycles. The van der Waals surface area contributed by atoms with Crippen molar-refractivity contribution in [3.63, 3.8) is 0 Å². The number of H-pyrrole nitrogens is 1. The zero-order chi connectivity index (χ0) is 20.7. The molecule has 1 aliphatic rings. The molecule has 8 nitrogen and oxygen atoms in total. The summed E-state index contributed by atoms with van der Waals surface area (Å²) in [6, 6.07) is 9.93. The molecule has 4 heterocycles. The smallest absolute Gasteiger partial charge is 0.270 e. The number of rotatable bonds is 4. The number of aromatic nitrogens is 6. The summed E-state index contributed by atoms with van der Waals surface area (Å²) < 4.78 is 1.94. The van der Waals surface area contributed by atoms with E-state index in [0.717, 1.165) is 51.3 Å². The quantitative estimate of drug-likeness (QED) is 0.529. The molecule has 3 aromatic heterocycles. The summed E-state index contributed by atoms with van der Waals surface area (Å²) in [5, 5.41) is 15.5. The molecule has 152 valence electrons. The Morgan fingerprint density at radius 3 is 2.83 bits per heavy atom. The molecule has 9 heteroatoms. The number of benzene rings is 1. The van der Waals surface area contributed by atoms with Crippen molar-refractivity contribution in [2.45, 2.75) is 39.3 Å². The molecule has 0 aliphatic carbocycles. The first-order valence-corrected chi connectivity index (χ1v) is 10.7. The number of hydrogen-bond acceptors (Lipinski definition) is 6. The normalized spacial score (nSPS) is 15.7.